The van der Waals surface area contributed by atoms with E-state index in [1.165, 1.54) is 15.6 Å². The van der Waals surface area contributed by atoms with Gasteiger partial charge in [-0.2, -0.15) is 0 Å². The number of thiazole rings is 1. The number of nitrogens with zero attached hydrogens (tertiary/aromatic N) is 1. The first-order chi connectivity index (χ1) is 8.19. The van der Waals surface area contributed by atoms with Gasteiger partial charge in [-0.25, -0.2) is 4.98 Å². The fraction of sp³-hybridized carbons (Fsp3) is 0.308. The maximum absolute atomic E-state index is 5.80. The Bertz CT molecular complexity index is 506. The molecule has 0 atom stereocenters. The normalized spacial score (nSPS) is 10.7. The summed E-state index contributed by atoms with van der Waals surface area (Å²) >= 11 is 3.55. The minimum atomic E-state index is 0.858. The first kappa shape index (κ1) is 12.5. The summed E-state index contributed by atoms with van der Waals surface area (Å²) in [6.45, 7) is 4.18. The zero-order chi connectivity index (χ0) is 12.3. The highest BCUT2D eigenvalue weighted by atomic mass is 32.2. The van der Waals surface area contributed by atoms with Crippen LogP contribution in [-0.4, -0.2) is 4.98 Å². The second-order valence-electron chi connectivity index (χ2n) is 3.89. The first-order valence-electron chi connectivity index (χ1n) is 5.61. The zero-order valence-corrected chi connectivity index (χ0v) is 11.7. The van der Waals surface area contributed by atoms with E-state index in [-0.39, 0.29) is 0 Å². The number of thioether (sulfide) groups is 1. The van der Waals surface area contributed by atoms with Crippen molar-refractivity contribution in [3.63, 3.8) is 0 Å². The molecule has 0 aliphatic rings. The lowest BCUT2D eigenvalue weighted by molar-refractivity contribution is 1.06. The van der Waals surface area contributed by atoms with Gasteiger partial charge < -0.3 is 5.73 Å². The third kappa shape index (κ3) is 3.23. The Labute approximate surface area is 110 Å². The van der Waals surface area contributed by atoms with Gasteiger partial charge in [-0.05, 0) is 37.1 Å². The van der Waals surface area contributed by atoms with Crippen molar-refractivity contribution >= 4 is 28.8 Å². The molecule has 2 aromatic rings. The lowest BCUT2D eigenvalue weighted by atomic mass is 10.2. The van der Waals surface area contributed by atoms with E-state index in [9.17, 15) is 0 Å². The summed E-state index contributed by atoms with van der Waals surface area (Å²) in [7, 11) is 0. The van der Waals surface area contributed by atoms with Crippen molar-refractivity contribution in [3.8, 4) is 0 Å². The fourth-order valence-electron chi connectivity index (χ4n) is 1.47. The highest BCUT2D eigenvalue weighted by Gasteiger charge is 2.02. The number of aromatic nitrogens is 1. The van der Waals surface area contributed by atoms with Gasteiger partial charge in [-0.15, -0.1) is 23.1 Å². The molecule has 17 heavy (non-hydrogen) atoms. The fourth-order valence-corrected chi connectivity index (χ4v) is 3.21. The molecule has 2 N–H and O–H groups in total. The van der Waals surface area contributed by atoms with E-state index >= 15 is 0 Å². The van der Waals surface area contributed by atoms with Crippen LogP contribution >= 0.6 is 23.1 Å². The van der Waals surface area contributed by atoms with Crippen LogP contribution < -0.4 is 5.73 Å². The maximum Gasteiger partial charge on any atom is 0.0925 e. The summed E-state index contributed by atoms with van der Waals surface area (Å²) in [5.74, 6) is 0.930. The predicted molar refractivity (Wildman–Crippen MR) is 76.6 cm³/mol. The highest BCUT2D eigenvalue weighted by Crippen LogP contribution is 2.26. The lowest BCUT2D eigenvalue weighted by Crippen LogP contribution is -1.89. The summed E-state index contributed by atoms with van der Waals surface area (Å²) in [4.78, 5) is 5.81. The molecule has 1 heterocycles. The van der Waals surface area contributed by atoms with Crippen molar-refractivity contribution < 1.29 is 0 Å². The minimum absolute atomic E-state index is 0.858. The maximum atomic E-state index is 5.80. The molecule has 0 saturated carbocycles. The Balaban J connectivity index is 1.99. The summed E-state index contributed by atoms with van der Waals surface area (Å²) in [5.41, 5.74) is 8.97. The lowest BCUT2D eigenvalue weighted by Gasteiger charge is -2.03. The van der Waals surface area contributed by atoms with Gasteiger partial charge in [0.05, 0.1) is 10.7 Å². The topological polar surface area (TPSA) is 38.9 Å². The molecule has 4 heteroatoms. The molecule has 1 aromatic carbocycles. The van der Waals surface area contributed by atoms with Crippen LogP contribution in [0.1, 0.15) is 23.2 Å². The van der Waals surface area contributed by atoms with Crippen molar-refractivity contribution in [1.29, 1.82) is 0 Å². The van der Waals surface area contributed by atoms with E-state index in [1.54, 1.807) is 11.3 Å². The van der Waals surface area contributed by atoms with Crippen LogP contribution in [0.15, 0.2) is 28.5 Å². The molecular formula is C13H16N2S2. The Morgan fingerprint density at radius 2 is 2.24 bits per heavy atom. The number of hydrogen-bond acceptors (Lipinski definition) is 4. The largest absolute Gasteiger partial charge is 0.399 e. The number of benzene rings is 1. The minimum Gasteiger partial charge on any atom is -0.399 e. The van der Waals surface area contributed by atoms with Crippen LogP contribution in [0.5, 0.6) is 0 Å². The summed E-state index contributed by atoms with van der Waals surface area (Å²) in [5, 5.41) is 3.37. The summed E-state index contributed by atoms with van der Waals surface area (Å²) < 4.78 is 0. The smallest absolute Gasteiger partial charge is 0.0925 e. The molecule has 0 bridgehead atoms. The Morgan fingerprint density at radius 3 is 2.88 bits per heavy atom. The summed E-state index contributed by atoms with van der Waals surface area (Å²) in [6.07, 6.45) is 1.02. The second-order valence-corrected chi connectivity index (χ2v) is 5.88. The quantitative estimate of drug-likeness (QED) is 0.672. The first-order valence-corrected chi connectivity index (χ1v) is 7.47. The molecule has 2 rings (SSSR count). The number of nitrogen functional groups attached to an aromatic ring is 1. The zero-order valence-electron chi connectivity index (χ0n) is 10.1. The molecule has 0 saturated heterocycles. The van der Waals surface area contributed by atoms with Crippen LogP contribution in [0.4, 0.5) is 5.69 Å². The molecule has 0 amide bonds. The molecular weight excluding hydrogens is 248 g/mol. The number of nitrogens with two attached hydrogens (primary N) is 1. The van der Waals surface area contributed by atoms with E-state index in [4.69, 9.17) is 5.73 Å². The molecule has 0 fully saturated rings. The second kappa shape index (κ2) is 5.56. The molecule has 0 aliphatic carbocycles. The van der Waals surface area contributed by atoms with Gasteiger partial charge in [0.1, 0.15) is 0 Å². The SMILES string of the molecule is CCc1nc(CSc2ccc(N)c(C)c2)cs1. The van der Waals surface area contributed by atoms with E-state index in [0.717, 1.165) is 23.4 Å². The third-order valence-electron chi connectivity index (χ3n) is 2.53. The van der Waals surface area contributed by atoms with Gasteiger partial charge in [-0.1, -0.05) is 6.92 Å². The number of hydrogen-bond donors (Lipinski definition) is 1. The average molecular weight is 264 g/mol. The van der Waals surface area contributed by atoms with E-state index in [2.05, 4.69) is 29.4 Å². The Morgan fingerprint density at radius 1 is 1.41 bits per heavy atom. The van der Waals surface area contributed by atoms with Crippen LogP contribution in [-0.2, 0) is 12.2 Å². The standard InChI is InChI=1S/C13H16N2S2/c1-3-13-15-10(8-17-13)7-16-11-4-5-12(14)9(2)6-11/h4-6,8H,3,7,14H2,1-2H3. The molecule has 0 spiro atoms. The Kier molecular flexibility index (Phi) is 4.07. The highest BCUT2D eigenvalue weighted by molar-refractivity contribution is 7.98. The monoisotopic (exact) mass is 264 g/mol. The van der Waals surface area contributed by atoms with Gasteiger partial charge >= 0.3 is 0 Å². The molecule has 1 aromatic heterocycles. The van der Waals surface area contributed by atoms with Crippen molar-refractivity contribution in [2.45, 2.75) is 30.9 Å². The van der Waals surface area contributed by atoms with Crippen LogP contribution in [0.3, 0.4) is 0 Å². The van der Waals surface area contributed by atoms with Crippen molar-refractivity contribution in [2.24, 2.45) is 0 Å². The summed E-state index contributed by atoms with van der Waals surface area (Å²) in [6, 6.07) is 6.17. The van der Waals surface area contributed by atoms with Gasteiger partial charge in [0.2, 0.25) is 0 Å². The van der Waals surface area contributed by atoms with Gasteiger partial charge in [0.25, 0.3) is 0 Å². The average Bonchev–Trinajstić information content (AvgIpc) is 2.79. The number of anilines is 1. The molecule has 2 nitrogen and oxygen atoms in total. The molecule has 90 valence electrons. The van der Waals surface area contributed by atoms with E-state index in [1.807, 2.05) is 24.8 Å². The van der Waals surface area contributed by atoms with Crippen LogP contribution in [0.25, 0.3) is 0 Å². The van der Waals surface area contributed by atoms with E-state index in [0.29, 0.717) is 0 Å². The third-order valence-corrected chi connectivity index (χ3v) is 4.60. The van der Waals surface area contributed by atoms with Crippen LogP contribution in [0.2, 0.25) is 0 Å². The van der Waals surface area contributed by atoms with Crippen LogP contribution in [0, 0.1) is 6.92 Å². The Hall–Kier alpha value is -1.00. The molecule has 0 unspecified atom stereocenters. The number of aryl methyl sites for hydroxylation is 2. The van der Waals surface area contributed by atoms with Gasteiger partial charge in [-0.3, -0.25) is 0 Å². The molecule has 0 radical (unpaired) electrons. The van der Waals surface area contributed by atoms with Crippen molar-refractivity contribution in [1.82, 2.24) is 4.98 Å². The van der Waals surface area contributed by atoms with Gasteiger partial charge in [0, 0.05) is 21.7 Å². The predicted octanol–water partition coefficient (Wildman–Crippen LogP) is 3.89. The number of rotatable bonds is 4. The van der Waals surface area contributed by atoms with E-state index < -0.39 is 0 Å². The molecule has 0 aliphatic heterocycles. The van der Waals surface area contributed by atoms with Crippen molar-refractivity contribution in [2.75, 3.05) is 5.73 Å². The van der Waals surface area contributed by atoms with Gasteiger partial charge in [0.15, 0.2) is 0 Å². The van der Waals surface area contributed by atoms with Crippen molar-refractivity contribution in [3.05, 3.63) is 39.8 Å².